The predicted octanol–water partition coefficient (Wildman–Crippen LogP) is 14.6. The molecule has 0 unspecified atom stereocenters. The van der Waals surface area contributed by atoms with Crippen molar-refractivity contribution >= 4 is 0 Å². The van der Waals surface area contributed by atoms with Crippen LogP contribution in [-0.4, -0.2) is 5.11 Å². The minimum Gasteiger partial charge on any atom is -0.507 e. The Labute approximate surface area is 366 Å². The highest BCUT2D eigenvalue weighted by molar-refractivity contribution is 5.78. The highest BCUT2D eigenvalue weighted by Crippen LogP contribution is 2.43. The van der Waals surface area contributed by atoms with Gasteiger partial charge in [0.2, 0.25) is 5.69 Å². The summed E-state index contributed by atoms with van der Waals surface area (Å²) in [6.45, 7) is 29.4. The van der Waals surface area contributed by atoms with Gasteiger partial charge in [0.05, 0.1) is 11.8 Å². The van der Waals surface area contributed by atoms with Crippen molar-refractivity contribution in [2.45, 2.75) is 118 Å². The lowest BCUT2D eigenvalue weighted by Gasteiger charge is -2.27. The highest BCUT2D eigenvalue weighted by Gasteiger charge is 2.30. The molecule has 7 rings (SSSR count). The highest BCUT2D eigenvalue weighted by atomic mass is 16.3. The molecule has 0 saturated heterocycles. The molecule has 0 radical (unpaired) electrons. The lowest BCUT2D eigenvalue weighted by Crippen LogP contribution is -2.34. The zero-order chi connectivity index (χ0) is 44.0. The van der Waals surface area contributed by atoms with Gasteiger partial charge in [0.25, 0.3) is 0 Å². The number of rotatable bonds is 8. The van der Waals surface area contributed by atoms with Gasteiger partial charge < -0.3 is 5.11 Å². The van der Waals surface area contributed by atoms with Gasteiger partial charge in [-0.05, 0) is 103 Å². The monoisotopic (exact) mass is 806 g/mol. The van der Waals surface area contributed by atoms with E-state index >= 15 is 0 Å². The standard InChI is InChI=1S/C58H64N2O/c1-38(2)50-30-44(41-23-18-15-19-24-41)31-51(39(3)4)54(50)60-36-45(27-46(37-60)52-33-48(57(8,9)10)34-53(55(52)61)58(11,12)13)43-28-47(56(5,6)7)32-49(29-43)59-26-20-25-42(35-59)40-21-16-14-17-22-40/h14-25,27-39H,1-13H3/p+1. The number of aromatic hydroxyl groups is 1. The molecule has 1 N–H and O–H groups in total. The quantitative estimate of drug-likeness (QED) is 0.120. The van der Waals surface area contributed by atoms with Crippen LogP contribution in [0.15, 0.2) is 140 Å². The molecule has 5 aromatic carbocycles. The maximum atomic E-state index is 12.4. The summed E-state index contributed by atoms with van der Waals surface area (Å²) < 4.78 is 4.49. The van der Waals surface area contributed by atoms with Crippen LogP contribution in [-0.2, 0) is 16.2 Å². The molecule has 0 aliphatic heterocycles. The fourth-order valence-electron chi connectivity index (χ4n) is 8.26. The van der Waals surface area contributed by atoms with Gasteiger partial charge in [-0.25, -0.2) is 0 Å². The van der Waals surface area contributed by atoms with Crippen molar-refractivity contribution in [2.24, 2.45) is 0 Å². The Morgan fingerprint density at radius 2 is 1.00 bits per heavy atom. The van der Waals surface area contributed by atoms with E-state index in [4.69, 9.17) is 0 Å². The Balaban J connectivity index is 1.57. The van der Waals surface area contributed by atoms with Crippen molar-refractivity contribution < 1.29 is 14.2 Å². The first kappa shape index (κ1) is 43.3. The summed E-state index contributed by atoms with van der Waals surface area (Å²) in [5.74, 6) is 0.838. The molecule has 0 aliphatic rings. The molecule has 0 aliphatic carbocycles. The maximum Gasteiger partial charge on any atom is 0.217 e. The summed E-state index contributed by atoms with van der Waals surface area (Å²) in [7, 11) is 0. The molecule has 0 saturated carbocycles. The van der Waals surface area contributed by atoms with E-state index in [0.29, 0.717) is 5.75 Å². The molecule has 0 atom stereocenters. The van der Waals surface area contributed by atoms with Crippen LogP contribution in [0.3, 0.4) is 0 Å². The minimum absolute atomic E-state index is 0.125. The molecule has 2 heterocycles. The zero-order valence-corrected chi connectivity index (χ0v) is 38.8. The van der Waals surface area contributed by atoms with Crippen LogP contribution in [0.1, 0.15) is 130 Å². The largest absolute Gasteiger partial charge is 0.507 e. The lowest BCUT2D eigenvalue weighted by atomic mass is 9.78. The number of pyridine rings is 2. The van der Waals surface area contributed by atoms with Crippen molar-refractivity contribution in [3.05, 3.63) is 174 Å². The van der Waals surface area contributed by atoms with Crippen LogP contribution >= 0.6 is 0 Å². The van der Waals surface area contributed by atoms with E-state index in [2.05, 4.69) is 239 Å². The van der Waals surface area contributed by atoms with Crippen LogP contribution in [0.4, 0.5) is 0 Å². The van der Waals surface area contributed by atoms with Crippen LogP contribution in [0.5, 0.6) is 5.75 Å². The summed E-state index contributed by atoms with van der Waals surface area (Å²) in [5, 5.41) is 12.4. The van der Waals surface area contributed by atoms with Crippen molar-refractivity contribution in [1.82, 2.24) is 0 Å². The number of benzene rings is 5. The van der Waals surface area contributed by atoms with Gasteiger partial charge >= 0.3 is 0 Å². The Morgan fingerprint density at radius 1 is 0.475 bits per heavy atom. The Hall–Kier alpha value is -5.80. The smallest absolute Gasteiger partial charge is 0.217 e. The summed E-state index contributed by atoms with van der Waals surface area (Å²) in [6.07, 6.45) is 10.3. The molecule has 0 fully saturated rings. The van der Waals surface area contributed by atoms with E-state index in [1.165, 1.54) is 44.6 Å². The van der Waals surface area contributed by atoms with Gasteiger partial charge in [-0.15, -0.1) is 6.07 Å². The molecule has 0 spiro atoms. The molecule has 0 bridgehead atoms. The van der Waals surface area contributed by atoms with Gasteiger partial charge in [0, 0.05) is 27.8 Å². The van der Waals surface area contributed by atoms with Gasteiger partial charge in [-0.1, -0.05) is 169 Å². The first-order valence-electron chi connectivity index (χ1n) is 22.0. The average molecular weight is 806 g/mol. The number of hydrogen-bond donors (Lipinski definition) is 1. The van der Waals surface area contributed by atoms with Crippen molar-refractivity contribution in [1.29, 1.82) is 0 Å². The zero-order valence-electron chi connectivity index (χ0n) is 38.8. The van der Waals surface area contributed by atoms with Crippen molar-refractivity contribution in [3.8, 4) is 61.6 Å². The third-order valence-electron chi connectivity index (χ3n) is 12.0. The van der Waals surface area contributed by atoms with Crippen molar-refractivity contribution in [3.63, 3.8) is 0 Å². The Kier molecular flexibility index (Phi) is 11.8. The molecular formula is C58H65N2O+. The third-order valence-corrected chi connectivity index (χ3v) is 12.0. The van der Waals surface area contributed by atoms with Gasteiger partial charge in [0.15, 0.2) is 18.6 Å². The molecule has 2 aromatic heterocycles. The second-order valence-electron chi connectivity index (χ2n) is 20.6. The summed E-state index contributed by atoms with van der Waals surface area (Å²) in [4.78, 5) is 0. The predicted molar refractivity (Wildman–Crippen MR) is 256 cm³/mol. The fourth-order valence-corrected chi connectivity index (χ4v) is 8.26. The van der Waals surface area contributed by atoms with E-state index in [-0.39, 0.29) is 28.1 Å². The molecule has 0 amide bonds. The first-order chi connectivity index (χ1) is 28.7. The van der Waals surface area contributed by atoms with Crippen LogP contribution in [0, 0.1) is 6.20 Å². The third kappa shape index (κ3) is 9.27. The van der Waals surface area contributed by atoms with Crippen LogP contribution in [0.25, 0.3) is 55.9 Å². The topological polar surface area (TPSA) is 28.0 Å². The van der Waals surface area contributed by atoms with E-state index in [1.807, 2.05) is 6.07 Å². The number of aromatic nitrogens is 2. The van der Waals surface area contributed by atoms with Gasteiger partial charge in [-0.3, -0.25) is 4.57 Å². The number of hydrogen-bond acceptors (Lipinski definition) is 1. The van der Waals surface area contributed by atoms with E-state index in [1.54, 1.807) is 0 Å². The minimum atomic E-state index is -0.269. The van der Waals surface area contributed by atoms with E-state index < -0.39 is 0 Å². The molecule has 61 heavy (non-hydrogen) atoms. The second kappa shape index (κ2) is 16.6. The van der Waals surface area contributed by atoms with Crippen LogP contribution < -0.4 is 9.13 Å². The summed E-state index contributed by atoms with van der Waals surface area (Å²) >= 11 is 0. The summed E-state index contributed by atoms with van der Waals surface area (Å²) in [5.41, 5.74) is 16.4. The lowest BCUT2D eigenvalue weighted by molar-refractivity contribution is -0.599. The maximum absolute atomic E-state index is 12.4. The molecular weight excluding hydrogens is 741 g/mol. The van der Waals surface area contributed by atoms with Crippen LogP contribution in [0.2, 0.25) is 0 Å². The normalized spacial score (nSPS) is 12.4. The Bertz CT molecular complexity index is 2650. The molecule has 3 nitrogen and oxygen atoms in total. The van der Waals surface area contributed by atoms with E-state index in [0.717, 1.165) is 39.1 Å². The van der Waals surface area contributed by atoms with Gasteiger partial charge in [0.1, 0.15) is 11.4 Å². The average Bonchev–Trinajstić information content (AvgIpc) is 3.22. The number of nitrogens with zero attached hydrogens (tertiary/aromatic N) is 2. The SMILES string of the molecule is CC(C)c1cc(-c2ccccc2)cc(C(C)C)c1-[n+]1cc(-c2cc(-[n+]3[c-]ccc(-c4ccccc4)c3)cc(C(C)(C)C)c2)cc(-c2cc(C(C)(C)C)cc(C(C)(C)C)c2O)c1. The van der Waals surface area contributed by atoms with Gasteiger partial charge in [-0.2, -0.15) is 4.57 Å². The Morgan fingerprint density at radius 3 is 1.54 bits per heavy atom. The van der Waals surface area contributed by atoms with Crippen molar-refractivity contribution in [2.75, 3.05) is 0 Å². The molecule has 7 aromatic rings. The number of phenols is 1. The second-order valence-corrected chi connectivity index (χ2v) is 20.6. The molecule has 3 heteroatoms. The fraction of sp³-hybridized carbons (Fsp3) is 0.310. The molecule has 312 valence electrons. The summed E-state index contributed by atoms with van der Waals surface area (Å²) in [6, 6.07) is 43.8. The number of phenolic OH excluding ortho intramolecular Hbond substituents is 1. The van der Waals surface area contributed by atoms with E-state index in [9.17, 15) is 5.11 Å². The first-order valence-corrected chi connectivity index (χ1v) is 22.0.